The SMILES string of the molecule is C=CCNC(=O)c1nc(C(=O)Nc2ccccc2F)c2n1CCCC2. The quantitative estimate of drug-likeness (QED) is 0.820. The molecular weight excluding hydrogens is 323 g/mol. The molecule has 0 atom stereocenters. The molecule has 1 aliphatic rings. The van der Waals surface area contributed by atoms with E-state index in [1.165, 1.54) is 12.1 Å². The molecule has 0 aliphatic carbocycles. The minimum absolute atomic E-state index is 0.0859. The lowest BCUT2D eigenvalue weighted by Crippen LogP contribution is -2.28. The first-order valence-corrected chi connectivity index (χ1v) is 8.16. The van der Waals surface area contributed by atoms with Crippen molar-refractivity contribution in [3.05, 3.63) is 59.9 Å². The number of anilines is 1. The summed E-state index contributed by atoms with van der Waals surface area (Å²) in [4.78, 5) is 29.1. The average Bonchev–Trinajstić information content (AvgIpc) is 3.01. The van der Waals surface area contributed by atoms with Crippen LogP contribution in [-0.2, 0) is 13.0 Å². The number of carbonyl (C=O) groups excluding carboxylic acids is 2. The van der Waals surface area contributed by atoms with Crippen molar-refractivity contribution < 1.29 is 14.0 Å². The van der Waals surface area contributed by atoms with Crippen LogP contribution < -0.4 is 10.6 Å². The summed E-state index contributed by atoms with van der Waals surface area (Å²) in [6.45, 7) is 4.51. The fourth-order valence-electron chi connectivity index (χ4n) is 2.89. The molecule has 7 heteroatoms. The molecular formula is C18H19FN4O2. The first-order chi connectivity index (χ1) is 12.1. The number of hydrogen-bond acceptors (Lipinski definition) is 3. The van der Waals surface area contributed by atoms with Crippen LogP contribution in [0.5, 0.6) is 0 Å². The minimum Gasteiger partial charge on any atom is -0.346 e. The van der Waals surface area contributed by atoms with E-state index in [0.717, 1.165) is 12.8 Å². The van der Waals surface area contributed by atoms with Gasteiger partial charge in [-0.15, -0.1) is 6.58 Å². The summed E-state index contributed by atoms with van der Waals surface area (Å²) < 4.78 is 15.5. The van der Waals surface area contributed by atoms with Crippen LogP contribution in [0.3, 0.4) is 0 Å². The van der Waals surface area contributed by atoms with Crippen LogP contribution in [0.2, 0.25) is 0 Å². The smallest absolute Gasteiger partial charge is 0.287 e. The Morgan fingerprint density at radius 3 is 2.84 bits per heavy atom. The summed E-state index contributed by atoms with van der Waals surface area (Å²) in [6.07, 6.45) is 4.06. The summed E-state index contributed by atoms with van der Waals surface area (Å²) in [6, 6.07) is 5.93. The lowest BCUT2D eigenvalue weighted by molar-refractivity contribution is 0.0942. The van der Waals surface area contributed by atoms with Gasteiger partial charge in [0.05, 0.1) is 11.4 Å². The Morgan fingerprint density at radius 1 is 1.28 bits per heavy atom. The number of halogens is 1. The molecule has 1 aromatic carbocycles. The lowest BCUT2D eigenvalue weighted by atomic mass is 10.1. The Kier molecular flexibility index (Phi) is 4.92. The van der Waals surface area contributed by atoms with Crippen molar-refractivity contribution in [3.8, 4) is 0 Å². The van der Waals surface area contributed by atoms with E-state index in [1.54, 1.807) is 22.8 Å². The molecule has 3 rings (SSSR count). The molecule has 2 aromatic rings. The van der Waals surface area contributed by atoms with Gasteiger partial charge in [-0.25, -0.2) is 9.37 Å². The number of aromatic nitrogens is 2. The monoisotopic (exact) mass is 342 g/mol. The predicted octanol–water partition coefficient (Wildman–Crippen LogP) is 2.53. The fourth-order valence-corrected chi connectivity index (χ4v) is 2.89. The van der Waals surface area contributed by atoms with Crippen LogP contribution in [0.15, 0.2) is 36.9 Å². The predicted molar refractivity (Wildman–Crippen MR) is 92.0 cm³/mol. The van der Waals surface area contributed by atoms with E-state index in [2.05, 4.69) is 22.2 Å². The number of amides is 2. The van der Waals surface area contributed by atoms with Crippen LogP contribution in [0.4, 0.5) is 10.1 Å². The van der Waals surface area contributed by atoms with Crippen molar-refractivity contribution >= 4 is 17.5 Å². The highest BCUT2D eigenvalue weighted by Gasteiger charge is 2.27. The molecule has 2 heterocycles. The number of imidazole rings is 1. The molecule has 0 fully saturated rings. The molecule has 2 amide bonds. The van der Waals surface area contributed by atoms with Crippen LogP contribution in [0.1, 0.15) is 39.6 Å². The van der Waals surface area contributed by atoms with Gasteiger partial charge in [-0.05, 0) is 31.4 Å². The first kappa shape index (κ1) is 16.9. The number of benzene rings is 1. The third-order valence-corrected chi connectivity index (χ3v) is 4.07. The highest BCUT2D eigenvalue weighted by Crippen LogP contribution is 2.22. The Hall–Kier alpha value is -2.96. The van der Waals surface area contributed by atoms with Gasteiger partial charge in [0, 0.05) is 13.1 Å². The number of para-hydroxylation sites is 1. The Bertz CT molecular complexity index is 828. The number of nitrogens with zero attached hydrogens (tertiary/aromatic N) is 2. The maximum absolute atomic E-state index is 13.8. The summed E-state index contributed by atoms with van der Waals surface area (Å²) in [5.74, 6) is -1.19. The summed E-state index contributed by atoms with van der Waals surface area (Å²) in [5, 5.41) is 5.21. The fraction of sp³-hybridized carbons (Fsp3) is 0.278. The molecule has 0 radical (unpaired) electrons. The number of fused-ring (bicyclic) bond motifs is 1. The van der Waals surface area contributed by atoms with Gasteiger partial charge in [0.1, 0.15) is 5.82 Å². The number of rotatable bonds is 5. The van der Waals surface area contributed by atoms with Crippen LogP contribution in [0, 0.1) is 5.82 Å². The zero-order valence-corrected chi connectivity index (χ0v) is 13.7. The zero-order valence-electron chi connectivity index (χ0n) is 13.7. The van der Waals surface area contributed by atoms with Crippen LogP contribution in [0.25, 0.3) is 0 Å². The Labute approximate surface area is 144 Å². The third kappa shape index (κ3) is 3.45. The van der Waals surface area contributed by atoms with Crippen molar-refractivity contribution in [1.29, 1.82) is 0 Å². The first-order valence-electron chi connectivity index (χ1n) is 8.16. The van der Waals surface area contributed by atoms with E-state index in [1.807, 2.05) is 0 Å². The van der Waals surface area contributed by atoms with Crippen LogP contribution in [-0.4, -0.2) is 27.9 Å². The van der Waals surface area contributed by atoms with Gasteiger partial charge in [-0.3, -0.25) is 9.59 Å². The number of nitrogens with one attached hydrogen (secondary N) is 2. The molecule has 0 unspecified atom stereocenters. The molecule has 6 nitrogen and oxygen atoms in total. The largest absolute Gasteiger partial charge is 0.346 e. The van der Waals surface area contributed by atoms with Gasteiger partial charge in [0.2, 0.25) is 0 Å². The van der Waals surface area contributed by atoms with Crippen molar-refractivity contribution in [1.82, 2.24) is 14.9 Å². The van der Waals surface area contributed by atoms with E-state index >= 15 is 0 Å². The molecule has 1 aliphatic heterocycles. The van der Waals surface area contributed by atoms with Crippen molar-refractivity contribution in [2.45, 2.75) is 25.8 Å². The maximum Gasteiger partial charge on any atom is 0.287 e. The van der Waals surface area contributed by atoms with Gasteiger partial charge in [0.15, 0.2) is 11.5 Å². The molecule has 130 valence electrons. The number of hydrogen-bond donors (Lipinski definition) is 2. The molecule has 0 spiro atoms. The van der Waals surface area contributed by atoms with E-state index in [0.29, 0.717) is 25.2 Å². The molecule has 25 heavy (non-hydrogen) atoms. The van der Waals surface area contributed by atoms with Gasteiger partial charge >= 0.3 is 0 Å². The Morgan fingerprint density at radius 2 is 2.08 bits per heavy atom. The van der Waals surface area contributed by atoms with Gasteiger partial charge in [0.25, 0.3) is 11.8 Å². The second-order valence-corrected chi connectivity index (χ2v) is 5.77. The van der Waals surface area contributed by atoms with E-state index in [-0.39, 0.29) is 23.1 Å². The third-order valence-electron chi connectivity index (χ3n) is 4.07. The average molecular weight is 342 g/mol. The van der Waals surface area contributed by atoms with Crippen LogP contribution >= 0.6 is 0 Å². The molecule has 1 aromatic heterocycles. The van der Waals surface area contributed by atoms with E-state index in [4.69, 9.17) is 0 Å². The van der Waals surface area contributed by atoms with Crippen molar-refractivity contribution in [2.24, 2.45) is 0 Å². The standard InChI is InChI=1S/C18H19FN4O2/c1-2-10-20-18(25)16-22-15(14-9-5-6-11-23(14)16)17(24)21-13-8-4-3-7-12(13)19/h2-4,7-8H,1,5-6,9-11H2,(H,20,25)(H,21,24). The molecule has 2 N–H and O–H groups in total. The number of carbonyl (C=O) groups is 2. The van der Waals surface area contributed by atoms with Crippen molar-refractivity contribution in [2.75, 3.05) is 11.9 Å². The summed E-state index contributed by atoms with van der Waals surface area (Å²) in [7, 11) is 0. The van der Waals surface area contributed by atoms with Crippen molar-refractivity contribution in [3.63, 3.8) is 0 Å². The molecule has 0 saturated heterocycles. The lowest BCUT2D eigenvalue weighted by Gasteiger charge is -2.17. The minimum atomic E-state index is -0.520. The van der Waals surface area contributed by atoms with Gasteiger partial charge < -0.3 is 15.2 Å². The molecule has 0 saturated carbocycles. The van der Waals surface area contributed by atoms with E-state index < -0.39 is 11.7 Å². The maximum atomic E-state index is 13.8. The van der Waals surface area contributed by atoms with Gasteiger partial charge in [-0.1, -0.05) is 18.2 Å². The van der Waals surface area contributed by atoms with E-state index in [9.17, 15) is 14.0 Å². The second kappa shape index (κ2) is 7.29. The second-order valence-electron chi connectivity index (χ2n) is 5.77. The highest BCUT2D eigenvalue weighted by atomic mass is 19.1. The van der Waals surface area contributed by atoms with Gasteiger partial charge in [-0.2, -0.15) is 0 Å². The molecule has 0 bridgehead atoms. The zero-order chi connectivity index (χ0) is 17.8. The normalized spacial score (nSPS) is 13.0. The summed E-state index contributed by atoms with van der Waals surface area (Å²) >= 11 is 0. The topological polar surface area (TPSA) is 76.0 Å². The summed E-state index contributed by atoms with van der Waals surface area (Å²) in [5.41, 5.74) is 0.971. The highest BCUT2D eigenvalue weighted by molar-refractivity contribution is 6.05. The Balaban J connectivity index is 1.92.